The molecule has 0 atom stereocenters. The SMILES string of the molecule is CN(C)c1ccc(C=N/N=C/c2ccccc2O)cc1. The van der Waals surface area contributed by atoms with Gasteiger partial charge in [-0.1, -0.05) is 24.3 Å². The molecule has 20 heavy (non-hydrogen) atoms. The van der Waals surface area contributed by atoms with E-state index in [1.165, 1.54) is 6.21 Å². The largest absolute Gasteiger partial charge is 0.507 e. The van der Waals surface area contributed by atoms with Crippen LogP contribution in [0, 0.1) is 0 Å². The normalized spacial score (nSPS) is 11.3. The van der Waals surface area contributed by atoms with E-state index in [4.69, 9.17) is 0 Å². The number of aromatic hydroxyl groups is 1. The highest BCUT2D eigenvalue weighted by Crippen LogP contribution is 2.13. The van der Waals surface area contributed by atoms with Gasteiger partial charge < -0.3 is 10.0 Å². The average molecular weight is 267 g/mol. The molecule has 2 aromatic rings. The third-order valence-electron chi connectivity index (χ3n) is 2.82. The predicted molar refractivity (Wildman–Crippen MR) is 84.1 cm³/mol. The van der Waals surface area contributed by atoms with Gasteiger partial charge in [0.15, 0.2) is 0 Å². The fraction of sp³-hybridized carbons (Fsp3) is 0.125. The Morgan fingerprint density at radius 1 is 0.900 bits per heavy atom. The third kappa shape index (κ3) is 3.68. The van der Waals surface area contributed by atoms with Gasteiger partial charge >= 0.3 is 0 Å². The summed E-state index contributed by atoms with van der Waals surface area (Å²) in [6, 6.07) is 15.0. The van der Waals surface area contributed by atoms with Gasteiger partial charge in [0.25, 0.3) is 0 Å². The van der Waals surface area contributed by atoms with Crippen LogP contribution in [0.15, 0.2) is 58.7 Å². The smallest absolute Gasteiger partial charge is 0.124 e. The minimum absolute atomic E-state index is 0.196. The molecule has 0 fully saturated rings. The van der Waals surface area contributed by atoms with E-state index in [-0.39, 0.29) is 5.75 Å². The van der Waals surface area contributed by atoms with E-state index in [1.807, 2.05) is 49.3 Å². The molecule has 0 spiro atoms. The second kappa shape index (κ2) is 6.52. The molecule has 0 aliphatic carbocycles. The van der Waals surface area contributed by atoms with Gasteiger partial charge in [-0.3, -0.25) is 0 Å². The Labute approximate surface area is 118 Å². The zero-order chi connectivity index (χ0) is 14.4. The van der Waals surface area contributed by atoms with Crippen LogP contribution in [-0.2, 0) is 0 Å². The standard InChI is InChI=1S/C16H17N3O/c1-19(2)15-9-7-13(8-10-15)11-17-18-12-14-5-3-4-6-16(14)20/h3-12,20H,1-2H3/b17-11?,18-12+. The molecular weight excluding hydrogens is 250 g/mol. The molecule has 0 amide bonds. The lowest BCUT2D eigenvalue weighted by Crippen LogP contribution is -2.08. The monoisotopic (exact) mass is 267 g/mol. The first-order valence-electron chi connectivity index (χ1n) is 6.28. The Hall–Kier alpha value is -2.62. The summed E-state index contributed by atoms with van der Waals surface area (Å²) in [5, 5.41) is 17.5. The molecule has 2 rings (SSSR count). The van der Waals surface area contributed by atoms with Crippen molar-refractivity contribution in [2.75, 3.05) is 19.0 Å². The van der Waals surface area contributed by atoms with Crippen LogP contribution < -0.4 is 4.90 Å². The van der Waals surface area contributed by atoms with E-state index in [1.54, 1.807) is 24.4 Å². The zero-order valence-electron chi connectivity index (χ0n) is 11.6. The fourth-order valence-electron chi connectivity index (χ4n) is 1.65. The molecular formula is C16H17N3O. The molecule has 0 aromatic heterocycles. The lowest BCUT2D eigenvalue weighted by Gasteiger charge is -2.11. The number of hydrogen-bond acceptors (Lipinski definition) is 4. The topological polar surface area (TPSA) is 48.2 Å². The quantitative estimate of drug-likeness (QED) is 0.684. The lowest BCUT2D eigenvalue weighted by molar-refractivity contribution is 0.474. The number of benzene rings is 2. The fourth-order valence-corrected chi connectivity index (χ4v) is 1.65. The van der Waals surface area contributed by atoms with Crippen LogP contribution in [0.2, 0.25) is 0 Å². The van der Waals surface area contributed by atoms with E-state index in [0.29, 0.717) is 5.56 Å². The van der Waals surface area contributed by atoms with Gasteiger partial charge in [-0.2, -0.15) is 10.2 Å². The third-order valence-corrected chi connectivity index (χ3v) is 2.82. The molecule has 0 unspecified atom stereocenters. The molecule has 0 heterocycles. The molecule has 4 heteroatoms. The summed E-state index contributed by atoms with van der Waals surface area (Å²) in [4.78, 5) is 2.04. The number of nitrogens with zero attached hydrogens (tertiary/aromatic N) is 3. The van der Waals surface area contributed by atoms with Crippen molar-refractivity contribution in [3.05, 3.63) is 59.7 Å². The Morgan fingerprint density at radius 3 is 2.20 bits per heavy atom. The Bertz CT molecular complexity index is 616. The van der Waals surface area contributed by atoms with Crippen LogP contribution in [0.3, 0.4) is 0 Å². The van der Waals surface area contributed by atoms with Crippen molar-refractivity contribution in [1.29, 1.82) is 0 Å². The van der Waals surface area contributed by atoms with Crippen molar-refractivity contribution >= 4 is 18.1 Å². The minimum Gasteiger partial charge on any atom is -0.507 e. The molecule has 0 radical (unpaired) electrons. The summed E-state index contributed by atoms with van der Waals surface area (Å²) in [6.07, 6.45) is 3.20. The van der Waals surface area contributed by atoms with Crippen molar-refractivity contribution in [2.45, 2.75) is 0 Å². The van der Waals surface area contributed by atoms with Gasteiger partial charge in [-0.05, 0) is 29.8 Å². The number of rotatable bonds is 4. The number of anilines is 1. The Morgan fingerprint density at radius 2 is 1.55 bits per heavy atom. The second-order valence-corrected chi connectivity index (χ2v) is 4.53. The molecule has 0 aliphatic rings. The summed E-state index contributed by atoms with van der Waals surface area (Å²) < 4.78 is 0. The molecule has 4 nitrogen and oxygen atoms in total. The van der Waals surface area contributed by atoms with E-state index in [2.05, 4.69) is 10.2 Å². The molecule has 0 bridgehead atoms. The van der Waals surface area contributed by atoms with E-state index in [0.717, 1.165) is 11.3 Å². The summed E-state index contributed by atoms with van der Waals surface area (Å²) in [6.45, 7) is 0. The lowest BCUT2D eigenvalue weighted by atomic mass is 10.2. The van der Waals surface area contributed by atoms with Crippen LogP contribution in [0.4, 0.5) is 5.69 Å². The molecule has 0 aliphatic heterocycles. The van der Waals surface area contributed by atoms with Gasteiger partial charge in [0.05, 0.1) is 12.4 Å². The van der Waals surface area contributed by atoms with E-state index >= 15 is 0 Å². The minimum atomic E-state index is 0.196. The number of phenols is 1. The van der Waals surface area contributed by atoms with Crippen LogP contribution in [0.1, 0.15) is 11.1 Å². The molecule has 1 N–H and O–H groups in total. The number of hydrogen-bond donors (Lipinski definition) is 1. The average Bonchev–Trinajstić information content (AvgIpc) is 2.46. The maximum absolute atomic E-state index is 9.56. The molecule has 2 aromatic carbocycles. The Kier molecular flexibility index (Phi) is 4.50. The van der Waals surface area contributed by atoms with Crippen molar-refractivity contribution in [3.63, 3.8) is 0 Å². The van der Waals surface area contributed by atoms with Crippen molar-refractivity contribution < 1.29 is 5.11 Å². The van der Waals surface area contributed by atoms with Gasteiger partial charge in [-0.15, -0.1) is 0 Å². The van der Waals surface area contributed by atoms with Gasteiger partial charge in [0, 0.05) is 25.3 Å². The first-order chi connectivity index (χ1) is 9.66. The van der Waals surface area contributed by atoms with E-state index in [9.17, 15) is 5.11 Å². The first-order valence-corrected chi connectivity index (χ1v) is 6.28. The van der Waals surface area contributed by atoms with Crippen LogP contribution in [0.25, 0.3) is 0 Å². The zero-order valence-corrected chi connectivity index (χ0v) is 11.6. The second-order valence-electron chi connectivity index (χ2n) is 4.53. The van der Waals surface area contributed by atoms with Gasteiger partial charge in [0.2, 0.25) is 0 Å². The van der Waals surface area contributed by atoms with Crippen LogP contribution in [-0.4, -0.2) is 31.6 Å². The highest BCUT2D eigenvalue weighted by Gasteiger charge is 1.94. The highest BCUT2D eigenvalue weighted by molar-refractivity contribution is 5.85. The summed E-state index contributed by atoms with van der Waals surface area (Å²) in [5.74, 6) is 0.196. The van der Waals surface area contributed by atoms with Gasteiger partial charge in [-0.25, -0.2) is 0 Å². The predicted octanol–water partition coefficient (Wildman–Crippen LogP) is 2.91. The Balaban J connectivity index is 2.01. The van der Waals surface area contributed by atoms with Crippen molar-refractivity contribution in [1.82, 2.24) is 0 Å². The van der Waals surface area contributed by atoms with Crippen molar-refractivity contribution in [3.8, 4) is 5.75 Å². The van der Waals surface area contributed by atoms with Crippen LogP contribution in [0.5, 0.6) is 5.75 Å². The first kappa shape index (κ1) is 13.8. The molecule has 0 saturated carbocycles. The summed E-state index contributed by atoms with van der Waals surface area (Å²) in [7, 11) is 4.00. The van der Waals surface area contributed by atoms with Gasteiger partial charge in [0.1, 0.15) is 5.75 Å². The maximum atomic E-state index is 9.56. The van der Waals surface area contributed by atoms with Crippen LogP contribution >= 0.6 is 0 Å². The number of para-hydroxylation sites is 1. The molecule has 0 saturated heterocycles. The van der Waals surface area contributed by atoms with Crippen molar-refractivity contribution in [2.24, 2.45) is 10.2 Å². The van der Waals surface area contributed by atoms with E-state index < -0.39 is 0 Å². The summed E-state index contributed by atoms with van der Waals surface area (Å²) in [5.41, 5.74) is 2.76. The highest BCUT2D eigenvalue weighted by atomic mass is 16.3. The molecule has 102 valence electrons. The maximum Gasteiger partial charge on any atom is 0.124 e. The summed E-state index contributed by atoms with van der Waals surface area (Å²) >= 11 is 0. The number of phenolic OH excluding ortho intramolecular Hbond substituents is 1.